The number of nitrogens with zero attached hydrogens (tertiary/aromatic N) is 1. The highest BCUT2D eigenvalue weighted by Gasteiger charge is 2.19. The molecule has 0 aliphatic rings. The molecule has 0 heterocycles. The van der Waals surface area contributed by atoms with Crippen molar-refractivity contribution in [2.45, 2.75) is 26.8 Å². The first-order valence-corrected chi connectivity index (χ1v) is 7.48. The molecule has 4 nitrogen and oxygen atoms in total. The minimum Gasteiger partial charge on any atom is -0.508 e. The summed E-state index contributed by atoms with van der Waals surface area (Å²) in [6.07, 6.45) is 0. The van der Waals surface area contributed by atoms with Crippen LogP contribution in [-0.4, -0.2) is 49.5 Å². The van der Waals surface area contributed by atoms with Gasteiger partial charge in [-0.1, -0.05) is 0 Å². The molecule has 0 aromatic heterocycles. The van der Waals surface area contributed by atoms with Crippen LogP contribution in [0.3, 0.4) is 0 Å². The first-order valence-electron chi connectivity index (χ1n) is 7.48. The molecule has 0 amide bonds. The number of rotatable bonds is 10. The van der Waals surface area contributed by atoms with Gasteiger partial charge in [-0.2, -0.15) is 0 Å². The Morgan fingerprint density at radius 3 is 2.24 bits per heavy atom. The molecule has 0 saturated heterocycles. The number of phenols is 1. The van der Waals surface area contributed by atoms with Crippen LogP contribution in [0.15, 0.2) is 18.2 Å². The van der Waals surface area contributed by atoms with Crippen molar-refractivity contribution in [1.82, 2.24) is 4.90 Å². The van der Waals surface area contributed by atoms with Gasteiger partial charge in [0.05, 0.1) is 13.2 Å². The number of aromatic hydroxyl groups is 1. The molecule has 0 radical (unpaired) electrons. The second-order valence-electron chi connectivity index (χ2n) is 4.81. The summed E-state index contributed by atoms with van der Waals surface area (Å²) in [7, 11) is 0. The molecule has 120 valence electrons. The Morgan fingerprint density at radius 2 is 1.71 bits per heavy atom. The van der Waals surface area contributed by atoms with E-state index in [1.54, 1.807) is 0 Å². The Morgan fingerprint density at radius 1 is 1.14 bits per heavy atom. The zero-order chi connectivity index (χ0) is 15.7. The van der Waals surface area contributed by atoms with E-state index in [4.69, 9.17) is 9.47 Å². The van der Waals surface area contributed by atoms with Gasteiger partial charge in [-0.25, -0.2) is 4.39 Å². The van der Waals surface area contributed by atoms with E-state index in [1.807, 2.05) is 20.8 Å². The van der Waals surface area contributed by atoms with E-state index in [0.717, 1.165) is 0 Å². The fourth-order valence-corrected chi connectivity index (χ4v) is 2.21. The van der Waals surface area contributed by atoms with Gasteiger partial charge < -0.3 is 14.6 Å². The van der Waals surface area contributed by atoms with Crippen LogP contribution in [0.5, 0.6) is 5.75 Å². The lowest BCUT2D eigenvalue weighted by molar-refractivity contribution is 0.0655. The van der Waals surface area contributed by atoms with Gasteiger partial charge in [-0.3, -0.25) is 4.90 Å². The Balaban J connectivity index is 2.76. The number of halogens is 1. The van der Waals surface area contributed by atoms with Crippen LogP contribution in [0.1, 0.15) is 32.4 Å². The molecule has 1 atom stereocenters. The van der Waals surface area contributed by atoms with E-state index in [-0.39, 0.29) is 17.6 Å². The van der Waals surface area contributed by atoms with E-state index in [0.29, 0.717) is 45.1 Å². The second-order valence-corrected chi connectivity index (χ2v) is 4.81. The summed E-state index contributed by atoms with van der Waals surface area (Å²) in [5, 5.41) is 9.94. The largest absolute Gasteiger partial charge is 0.508 e. The number of phenolic OH excluding ortho intramolecular Hbond substituents is 1. The van der Waals surface area contributed by atoms with Crippen LogP contribution >= 0.6 is 0 Å². The summed E-state index contributed by atoms with van der Waals surface area (Å²) in [4.78, 5) is 2.12. The highest BCUT2D eigenvalue weighted by Crippen LogP contribution is 2.28. The third kappa shape index (κ3) is 5.99. The van der Waals surface area contributed by atoms with E-state index in [9.17, 15) is 9.50 Å². The maximum absolute atomic E-state index is 13.4. The fraction of sp³-hybridized carbons (Fsp3) is 0.625. The Bertz CT molecular complexity index is 405. The smallest absolute Gasteiger partial charge is 0.123 e. The molecular formula is C16H26FNO3. The van der Waals surface area contributed by atoms with Crippen molar-refractivity contribution < 1.29 is 19.0 Å². The summed E-state index contributed by atoms with van der Waals surface area (Å²) in [5.74, 6) is -0.231. The van der Waals surface area contributed by atoms with E-state index >= 15 is 0 Å². The molecule has 0 saturated carbocycles. The van der Waals surface area contributed by atoms with Crippen LogP contribution in [0.2, 0.25) is 0 Å². The number of ether oxygens (including phenoxy) is 2. The monoisotopic (exact) mass is 299 g/mol. The number of hydrogen-bond donors (Lipinski definition) is 1. The molecule has 1 rings (SSSR count). The quantitative estimate of drug-likeness (QED) is 0.674. The predicted octanol–water partition coefficient (Wildman–Crippen LogP) is 2.97. The van der Waals surface area contributed by atoms with Gasteiger partial charge in [0.25, 0.3) is 0 Å². The van der Waals surface area contributed by atoms with Crippen LogP contribution in [0.4, 0.5) is 4.39 Å². The third-order valence-electron chi connectivity index (χ3n) is 3.44. The van der Waals surface area contributed by atoms with Gasteiger partial charge in [0, 0.05) is 37.9 Å². The molecule has 21 heavy (non-hydrogen) atoms. The van der Waals surface area contributed by atoms with Crippen molar-refractivity contribution in [2.24, 2.45) is 0 Å². The SMILES string of the molecule is CCOCCN(CCOCC)C(C)c1cc(F)ccc1O. The maximum Gasteiger partial charge on any atom is 0.123 e. The lowest BCUT2D eigenvalue weighted by Crippen LogP contribution is -2.33. The van der Waals surface area contributed by atoms with Gasteiger partial charge in [0.1, 0.15) is 11.6 Å². The van der Waals surface area contributed by atoms with Crippen LogP contribution in [-0.2, 0) is 9.47 Å². The highest BCUT2D eigenvalue weighted by molar-refractivity contribution is 5.34. The molecular weight excluding hydrogens is 273 g/mol. The van der Waals surface area contributed by atoms with Crippen molar-refractivity contribution in [2.75, 3.05) is 39.5 Å². The van der Waals surface area contributed by atoms with Crippen LogP contribution in [0.25, 0.3) is 0 Å². The molecule has 1 aromatic rings. The Labute approximate surface area is 126 Å². The first-order chi connectivity index (χ1) is 10.1. The highest BCUT2D eigenvalue weighted by atomic mass is 19.1. The zero-order valence-electron chi connectivity index (χ0n) is 13.1. The average molecular weight is 299 g/mol. The van der Waals surface area contributed by atoms with Crippen molar-refractivity contribution in [3.63, 3.8) is 0 Å². The van der Waals surface area contributed by atoms with Gasteiger partial charge in [-0.15, -0.1) is 0 Å². The molecule has 1 N–H and O–H groups in total. The lowest BCUT2D eigenvalue weighted by atomic mass is 10.1. The van der Waals surface area contributed by atoms with Crippen molar-refractivity contribution in [1.29, 1.82) is 0 Å². The summed E-state index contributed by atoms with van der Waals surface area (Å²) < 4.78 is 24.2. The average Bonchev–Trinajstić information content (AvgIpc) is 2.48. The van der Waals surface area contributed by atoms with Gasteiger partial charge in [-0.05, 0) is 39.0 Å². The first kappa shape index (κ1) is 17.9. The molecule has 1 aromatic carbocycles. The summed E-state index contributed by atoms with van der Waals surface area (Å²) in [5.41, 5.74) is 0.586. The molecule has 0 aliphatic heterocycles. The maximum atomic E-state index is 13.4. The van der Waals surface area contributed by atoms with Gasteiger partial charge in [0.15, 0.2) is 0 Å². The Hall–Kier alpha value is -1.17. The third-order valence-corrected chi connectivity index (χ3v) is 3.44. The predicted molar refractivity (Wildman–Crippen MR) is 81.0 cm³/mol. The molecule has 0 spiro atoms. The molecule has 0 bridgehead atoms. The summed E-state index contributed by atoms with van der Waals surface area (Å²) in [6, 6.07) is 3.93. The molecule has 0 aliphatic carbocycles. The van der Waals surface area contributed by atoms with E-state index < -0.39 is 0 Å². The van der Waals surface area contributed by atoms with E-state index in [2.05, 4.69) is 4.90 Å². The minimum atomic E-state index is -0.343. The number of benzene rings is 1. The van der Waals surface area contributed by atoms with Crippen molar-refractivity contribution >= 4 is 0 Å². The Kier molecular flexibility index (Phi) is 8.27. The second kappa shape index (κ2) is 9.71. The molecule has 5 heteroatoms. The summed E-state index contributed by atoms with van der Waals surface area (Å²) in [6.45, 7) is 9.80. The van der Waals surface area contributed by atoms with Crippen molar-refractivity contribution in [3.05, 3.63) is 29.6 Å². The normalized spacial score (nSPS) is 12.8. The van der Waals surface area contributed by atoms with Crippen LogP contribution < -0.4 is 0 Å². The zero-order valence-corrected chi connectivity index (χ0v) is 13.1. The number of hydrogen-bond acceptors (Lipinski definition) is 4. The molecule has 1 unspecified atom stereocenters. The van der Waals surface area contributed by atoms with Crippen LogP contribution in [0, 0.1) is 5.82 Å². The van der Waals surface area contributed by atoms with E-state index in [1.165, 1.54) is 18.2 Å². The minimum absolute atomic E-state index is 0.110. The molecule has 0 fully saturated rings. The standard InChI is InChI=1S/C16H26FNO3/c1-4-20-10-8-18(9-11-21-5-2)13(3)15-12-14(17)6-7-16(15)19/h6-7,12-13,19H,4-5,8-11H2,1-3H3. The lowest BCUT2D eigenvalue weighted by Gasteiger charge is -2.29. The van der Waals surface area contributed by atoms with Crippen molar-refractivity contribution in [3.8, 4) is 5.75 Å². The fourth-order valence-electron chi connectivity index (χ4n) is 2.21. The van der Waals surface area contributed by atoms with Gasteiger partial charge in [0.2, 0.25) is 0 Å². The topological polar surface area (TPSA) is 41.9 Å². The van der Waals surface area contributed by atoms with Gasteiger partial charge >= 0.3 is 0 Å². The summed E-state index contributed by atoms with van der Waals surface area (Å²) >= 11 is 0.